The molecular formula is C12H20N+. The van der Waals surface area contributed by atoms with Gasteiger partial charge in [0.25, 0.3) is 0 Å². The van der Waals surface area contributed by atoms with Crippen LogP contribution in [-0.2, 0) is 7.05 Å². The van der Waals surface area contributed by atoms with Gasteiger partial charge in [-0.05, 0) is 16.9 Å². The smallest absolute Gasteiger partial charge is 0.168 e. The Balaban J connectivity index is 2.90. The van der Waals surface area contributed by atoms with Crippen LogP contribution in [0.4, 0.5) is 0 Å². The molecule has 0 bridgehead atoms. The molecule has 0 aliphatic rings. The van der Waals surface area contributed by atoms with Crippen molar-refractivity contribution in [3.63, 3.8) is 0 Å². The van der Waals surface area contributed by atoms with Crippen LogP contribution in [0.5, 0.6) is 0 Å². The molecule has 1 atom stereocenters. The molecule has 0 saturated heterocycles. The van der Waals surface area contributed by atoms with Crippen molar-refractivity contribution in [1.82, 2.24) is 0 Å². The van der Waals surface area contributed by atoms with Crippen molar-refractivity contribution in [1.29, 1.82) is 0 Å². The molecule has 0 fully saturated rings. The summed E-state index contributed by atoms with van der Waals surface area (Å²) in [5.41, 5.74) is 1.77. The third-order valence-corrected chi connectivity index (χ3v) is 2.80. The number of nitrogens with zero attached hydrogens (tertiary/aromatic N) is 1. The van der Waals surface area contributed by atoms with Gasteiger partial charge in [0.05, 0.1) is 0 Å². The standard InChI is InChI=1S/C12H20N/c1-10(12(2,3)4)11-6-8-13(5)9-7-11/h6-10H,1-5H3/q+1. The molecule has 13 heavy (non-hydrogen) atoms. The molecule has 0 saturated carbocycles. The van der Waals surface area contributed by atoms with Crippen molar-refractivity contribution in [3.05, 3.63) is 30.1 Å². The fourth-order valence-corrected chi connectivity index (χ4v) is 1.30. The van der Waals surface area contributed by atoms with Crippen molar-refractivity contribution >= 4 is 0 Å². The molecule has 0 N–H and O–H groups in total. The van der Waals surface area contributed by atoms with E-state index in [1.165, 1.54) is 5.56 Å². The first-order valence-electron chi connectivity index (χ1n) is 4.86. The molecule has 72 valence electrons. The summed E-state index contributed by atoms with van der Waals surface area (Å²) in [4.78, 5) is 0. The molecule has 1 aromatic rings. The highest BCUT2D eigenvalue weighted by molar-refractivity contribution is 5.15. The monoisotopic (exact) mass is 178 g/mol. The van der Waals surface area contributed by atoms with Crippen LogP contribution >= 0.6 is 0 Å². The average Bonchev–Trinajstić information content (AvgIpc) is 2.03. The molecular weight excluding hydrogens is 158 g/mol. The largest absolute Gasteiger partial charge is 0.208 e. The first-order valence-corrected chi connectivity index (χ1v) is 4.86. The fourth-order valence-electron chi connectivity index (χ4n) is 1.30. The summed E-state index contributed by atoms with van der Waals surface area (Å²) < 4.78 is 2.07. The average molecular weight is 178 g/mol. The lowest BCUT2D eigenvalue weighted by molar-refractivity contribution is -0.671. The van der Waals surface area contributed by atoms with Crippen LogP contribution in [0.1, 0.15) is 39.2 Å². The Kier molecular flexibility index (Phi) is 2.74. The first kappa shape index (κ1) is 10.2. The van der Waals surface area contributed by atoms with E-state index in [0.29, 0.717) is 11.3 Å². The second-order valence-corrected chi connectivity index (χ2v) is 4.88. The van der Waals surface area contributed by atoms with Crippen LogP contribution in [0.25, 0.3) is 0 Å². The van der Waals surface area contributed by atoms with E-state index in [-0.39, 0.29) is 0 Å². The lowest BCUT2D eigenvalue weighted by Gasteiger charge is -2.27. The van der Waals surface area contributed by atoms with E-state index in [4.69, 9.17) is 0 Å². The molecule has 0 aliphatic heterocycles. The minimum atomic E-state index is 0.347. The quantitative estimate of drug-likeness (QED) is 0.582. The van der Waals surface area contributed by atoms with Gasteiger partial charge in [-0.25, -0.2) is 4.57 Å². The van der Waals surface area contributed by atoms with Gasteiger partial charge in [0.15, 0.2) is 12.4 Å². The third-order valence-electron chi connectivity index (χ3n) is 2.80. The Labute approximate surface area is 81.4 Å². The van der Waals surface area contributed by atoms with E-state index >= 15 is 0 Å². The number of pyridine rings is 1. The number of aryl methyl sites for hydroxylation is 1. The van der Waals surface area contributed by atoms with Gasteiger partial charge in [-0.2, -0.15) is 0 Å². The zero-order chi connectivity index (χ0) is 10.1. The van der Waals surface area contributed by atoms with Gasteiger partial charge >= 0.3 is 0 Å². The molecule has 1 nitrogen and oxygen atoms in total. The van der Waals surface area contributed by atoms with Gasteiger partial charge in [0.1, 0.15) is 7.05 Å². The molecule has 1 rings (SSSR count). The van der Waals surface area contributed by atoms with Gasteiger partial charge in [0.2, 0.25) is 0 Å². The Morgan fingerprint density at radius 1 is 1.15 bits per heavy atom. The van der Waals surface area contributed by atoms with Crippen molar-refractivity contribution in [2.24, 2.45) is 12.5 Å². The van der Waals surface area contributed by atoms with E-state index in [2.05, 4.69) is 56.8 Å². The number of rotatable bonds is 1. The minimum absolute atomic E-state index is 0.347. The van der Waals surface area contributed by atoms with E-state index < -0.39 is 0 Å². The summed E-state index contributed by atoms with van der Waals surface area (Å²) in [6.45, 7) is 9.13. The van der Waals surface area contributed by atoms with E-state index in [1.807, 2.05) is 7.05 Å². The molecule has 0 spiro atoms. The number of hydrogen-bond donors (Lipinski definition) is 0. The predicted molar refractivity (Wildman–Crippen MR) is 55.5 cm³/mol. The highest BCUT2D eigenvalue weighted by Crippen LogP contribution is 2.33. The van der Waals surface area contributed by atoms with Crippen molar-refractivity contribution in [2.75, 3.05) is 0 Å². The van der Waals surface area contributed by atoms with Crippen LogP contribution < -0.4 is 4.57 Å². The Morgan fingerprint density at radius 3 is 2.00 bits per heavy atom. The Hall–Kier alpha value is -0.850. The zero-order valence-electron chi connectivity index (χ0n) is 9.33. The first-order chi connectivity index (χ1) is 5.91. The van der Waals surface area contributed by atoms with Crippen molar-refractivity contribution < 1.29 is 4.57 Å². The highest BCUT2D eigenvalue weighted by atomic mass is 14.9. The Bertz CT molecular complexity index is 266. The van der Waals surface area contributed by atoms with Crippen molar-refractivity contribution in [2.45, 2.75) is 33.6 Å². The normalized spacial score (nSPS) is 14.2. The third kappa shape index (κ3) is 2.55. The summed E-state index contributed by atoms with van der Waals surface area (Å²) >= 11 is 0. The maximum atomic E-state index is 2.29. The topological polar surface area (TPSA) is 3.88 Å². The molecule has 0 aliphatic carbocycles. The summed E-state index contributed by atoms with van der Waals surface area (Å²) in [5, 5.41) is 0. The Morgan fingerprint density at radius 2 is 1.62 bits per heavy atom. The van der Waals surface area contributed by atoms with E-state index in [9.17, 15) is 0 Å². The van der Waals surface area contributed by atoms with Gasteiger partial charge in [-0.3, -0.25) is 0 Å². The zero-order valence-corrected chi connectivity index (χ0v) is 9.33. The van der Waals surface area contributed by atoms with Gasteiger partial charge in [-0.15, -0.1) is 0 Å². The maximum absolute atomic E-state index is 2.29. The van der Waals surface area contributed by atoms with Crippen LogP contribution in [0.2, 0.25) is 0 Å². The molecule has 0 radical (unpaired) electrons. The predicted octanol–water partition coefficient (Wildman–Crippen LogP) is 2.66. The molecule has 0 amide bonds. The number of hydrogen-bond acceptors (Lipinski definition) is 0. The van der Waals surface area contributed by atoms with Gasteiger partial charge < -0.3 is 0 Å². The molecule has 1 aromatic heterocycles. The van der Waals surface area contributed by atoms with Crippen LogP contribution in [0, 0.1) is 5.41 Å². The van der Waals surface area contributed by atoms with Crippen LogP contribution in [0.3, 0.4) is 0 Å². The fraction of sp³-hybridized carbons (Fsp3) is 0.583. The van der Waals surface area contributed by atoms with Gasteiger partial charge in [-0.1, -0.05) is 27.7 Å². The van der Waals surface area contributed by atoms with Gasteiger partial charge in [0, 0.05) is 12.1 Å². The second kappa shape index (κ2) is 3.49. The summed E-state index contributed by atoms with van der Waals surface area (Å²) in [6, 6.07) is 4.41. The maximum Gasteiger partial charge on any atom is 0.168 e. The molecule has 0 aromatic carbocycles. The second-order valence-electron chi connectivity index (χ2n) is 4.88. The summed E-state index contributed by atoms with van der Waals surface area (Å²) in [7, 11) is 2.05. The summed E-state index contributed by atoms with van der Waals surface area (Å²) in [6.07, 6.45) is 4.22. The van der Waals surface area contributed by atoms with Crippen molar-refractivity contribution in [3.8, 4) is 0 Å². The minimum Gasteiger partial charge on any atom is -0.208 e. The summed E-state index contributed by atoms with van der Waals surface area (Å²) in [5.74, 6) is 0.605. The molecule has 1 heteroatoms. The lowest BCUT2D eigenvalue weighted by atomic mass is 9.78. The lowest BCUT2D eigenvalue weighted by Crippen LogP contribution is -2.27. The SMILES string of the molecule is CC(c1cc[n+](C)cc1)C(C)(C)C. The van der Waals surface area contributed by atoms with Crippen LogP contribution in [0.15, 0.2) is 24.5 Å². The molecule has 1 heterocycles. The highest BCUT2D eigenvalue weighted by Gasteiger charge is 2.21. The molecule has 1 unspecified atom stereocenters. The number of aromatic nitrogens is 1. The van der Waals surface area contributed by atoms with E-state index in [1.54, 1.807) is 0 Å². The van der Waals surface area contributed by atoms with E-state index in [0.717, 1.165) is 0 Å². The van der Waals surface area contributed by atoms with Crippen LogP contribution in [-0.4, -0.2) is 0 Å².